The Kier molecular flexibility index (Phi) is 4.99. The van der Waals surface area contributed by atoms with Crippen LogP contribution in [0.4, 0.5) is 0 Å². The van der Waals surface area contributed by atoms with E-state index in [2.05, 4.69) is 10.1 Å². The van der Waals surface area contributed by atoms with Crippen LogP contribution in [0.25, 0.3) is 0 Å². The fourth-order valence-corrected chi connectivity index (χ4v) is 2.43. The molecule has 1 fully saturated rings. The van der Waals surface area contributed by atoms with Gasteiger partial charge in [-0.25, -0.2) is 4.79 Å². The summed E-state index contributed by atoms with van der Waals surface area (Å²) in [7, 11) is 1.33. The monoisotopic (exact) mass is 267 g/mol. The summed E-state index contributed by atoms with van der Waals surface area (Å²) in [6.07, 6.45) is 3.84. The molecule has 106 valence electrons. The van der Waals surface area contributed by atoms with Crippen LogP contribution in [0.3, 0.4) is 0 Å². The molecule has 0 spiro atoms. The Bertz CT molecular complexity index is 407. The van der Waals surface area contributed by atoms with Crippen LogP contribution in [-0.2, 0) is 11.3 Å². The lowest BCUT2D eigenvalue weighted by molar-refractivity contribution is 0.0563. The van der Waals surface area contributed by atoms with Crippen molar-refractivity contribution >= 4 is 5.97 Å². The summed E-state index contributed by atoms with van der Waals surface area (Å²) in [5, 5.41) is 12.8. The highest BCUT2D eigenvalue weighted by atomic mass is 16.5. The quantitative estimate of drug-likeness (QED) is 0.795. The van der Waals surface area contributed by atoms with E-state index in [4.69, 9.17) is 4.42 Å². The number of carbonyl (C=O) groups excluding carboxylic acids is 1. The molecule has 2 rings (SSSR count). The molecule has 0 radical (unpaired) electrons. The van der Waals surface area contributed by atoms with Crippen LogP contribution in [-0.4, -0.2) is 30.8 Å². The molecule has 0 saturated heterocycles. The maximum atomic E-state index is 11.2. The molecule has 0 atom stereocenters. The van der Waals surface area contributed by atoms with Gasteiger partial charge in [0.15, 0.2) is 0 Å². The molecule has 1 aliphatic rings. The highest BCUT2D eigenvalue weighted by molar-refractivity contribution is 5.86. The van der Waals surface area contributed by atoms with Crippen LogP contribution < -0.4 is 5.32 Å². The summed E-state index contributed by atoms with van der Waals surface area (Å²) in [6, 6.07) is 3.41. The van der Waals surface area contributed by atoms with Crippen molar-refractivity contribution in [2.24, 2.45) is 5.92 Å². The average molecular weight is 267 g/mol. The molecule has 1 aromatic heterocycles. The van der Waals surface area contributed by atoms with Gasteiger partial charge in [-0.2, -0.15) is 0 Å². The molecule has 19 heavy (non-hydrogen) atoms. The third kappa shape index (κ3) is 4.08. The molecule has 1 saturated carbocycles. The Hall–Kier alpha value is -1.33. The van der Waals surface area contributed by atoms with Crippen LogP contribution in [0.2, 0.25) is 0 Å². The van der Waals surface area contributed by atoms with Gasteiger partial charge in [-0.3, -0.25) is 0 Å². The first-order valence-electron chi connectivity index (χ1n) is 6.75. The molecule has 1 heterocycles. The Morgan fingerprint density at radius 1 is 1.42 bits per heavy atom. The Balaban J connectivity index is 1.71. The minimum atomic E-state index is -0.451. The lowest BCUT2D eigenvalue weighted by Crippen LogP contribution is -2.27. The lowest BCUT2D eigenvalue weighted by atomic mass is 9.87. The number of aliphatic hydroxyl groups excluding tert-OH is 1. The predicted molar refractivity (Wildman–Crippen MR) is 69.7 cm³/mol. The topological polar surface area (TPSA) is 71.7 Å². The first-order valence-corrected chi connectivity index (χ1v) is 6.75. The summed E-state index contributed by atoms with van der Waals surface area (Å²) < 4.78 is 9.95. The van der Waals surface area contributed by atoms with E-state index in [0.29, 0.717) is 12.5 Å². The number of carbonyl (C=O) groups is 1. The molecule has 5 nitrogen and oxygen atoms in total. The van der Waals surface area contributed by atoms with Crippen LogP contribution in [0.15, 0.2) is 16.5 Å². The number of methoxy groups -OCH3 is 1. The van der Waals surface area contributed by atoms with E-state index in [9.17, 15) is 9.90 Å². The third-order valence-corrected chi connectivity index (χ3v) is 3.60. The molecule has 1 aliphatic carbocycles. The van der Waals surface area contributed by atoms with Gasteiger partial charge in [0.2, 0.25) is 5.76 Å². The number of ether oxygens (including phenoxy) is 1. The number of hydrogen-bond donors (Lipinski definition) is 2. The van der Waals surface area contributed by atoms with Crippen molar-refractivity contribution < 1.29 is 19.1 Å². The van der Waals surface area contributed by atoms with Crippen molar-refractivity contribution in [1.82, 2.24) is 5.32 Å². The second-order valence-electron chi connectivity index (χ2n) is 5.06. The Morgan fingerprint density at radius 3 is 2.84 bits per heavy atom. The van der Waals surface area contributed by atoms with Crippen molar-refractivity contribution in [3.8, 4) is 0 Å². The maximum Gasteiger partial charge on any atom is 0.373 e. The van der Waals surface area contributed by atoms with Crippen LogP contribution in [0, 0.1) is 5.92 Å². The van der Waals surface area contributed by atoms with Gasteiger partial charge in [0.05, 0.1) is 19.8 Å². The smallest absolute Gasteiger partial charge is 0.373 e. The van der Waals surface area contributed by atoms with Crippen molar-refractivity contribution in [2.75, 3.05) is 13.7 Å². The fourth-order valence-electron chi connectivity index (χ4n) is 2.43. The molecule has 0 bridgehead atoms. The number of aliphatic hydroxyl groups is 1. The van der Waals surface area contributed by atoms with Crippen molar-refractivity contribution in [3.05, 3.63) is 23.7 Å². The SMILES string of the molecule is COC(=O)c1ccc(CNCC2CCC(O)CC2)o1. The Labute approximate surface area is 112 Å². The molecule has 0 aliphatic heterocycles. The summed E-state index contributed by atoms with van der Waals surface area (Å²) in [6.45, 7) is 1.52. The van der Waals surface area contributed by atoms with Gasteiger partial charge in [-0.15, -0.1) is 0 Å². The lowest BCUT2D eigenvalue weighted by Gasteiger charge is -2.25. The van der Waals surface area contributed by atoms with E-state index in [1.807, 2.05) is 0 Å². The number of rotatable bonds is 5. The van der Waals surface area contributed by atoms with Gasteiger partial charge in [0.25, 0.3) is 0 Å². The average Bonchev–Trinajstić information content (AvgIpc) is 2.89. The van der Waals surface area contributed by atoms with Crippen LogP contribution in [0.5, 0.6) is 0 Å². The van der Waals surface area contributed by atoms with Gasteiger partial charge in [-0.1, -0.05) is 0 Å². The van der Waals surface area contributed by atoms with E-state index in [1.165, 1.54) is 7.11 Å². The standard InChI is InChI=1S/C14H21NO4/c1-18-14(17)13-7-6-12(19-13)9-15-8-10-2-4-11(16)5-3-10/h6-7,10-11,15-16H,2-5,8-9H2,1H3. The van der Waals surface area contributed by atoms with E-state index in [0.717, 1.165) is 38.0 Å². The molecule has 0 amide bonds. The number of hydrogen-bond acceptors (Lipinski definition) is 5. The molecule has 0 unspecified atom stereocenters. The maximum absolute atomic E-state index is 11.2. The Morgan fingerprint density at radius 2 is 2.16 bits per heavy atom. The molecular weight excluding hydrogens is 246 g/mol. The van der Waals surface area contributed by atoms with Crippen molar-refractivity contribution in [2.45, 2.75) is 38.3 Å². The molecular formula is C14H21NO4. The van der Waals surface area contributed by atoms with Gasteiger partial charge < -0.3 is 19.6 Å². The largest absolute Gasteiger partial charge is 0.463 e. The third-order valence-electron chi connectivity index (χ3n) is 3.60. The minimum Gasteiger partial charge on any atom is -0.463 e. The molecule has 1 aromatic rings. The summed E-state index contributed by atoms with van der Waals surface area (Å²) in [4.78, 5) is 11.2. The van der Waals surface area contributed by atoms with Gasteiger partial charge in [-0.05, 0) is 50.3 Å². The van der Waals surface area contributed by atoms with E-state index in [-0.39, 0.29) is 11.9 Å². The zero-order valence-electron chi connectivity index (χ0n) is 11.2. The summed E-state index contributed by atoms with van der Waals surface area (Å²) in [5.74, 6) is 1.14. The second kappa shape index (κ2) is 6.73. The normalized spacial score (nSPS) is 23.3. The van der Waals surface area contributed by atoms with E-state index >= 15 is 0 Å². The van der Waals surface area contributed by atoms with Crippen LogP contribution >= 0.6 is 0 Å². The minimum absolute atomic E-state index is 0.107. The summed E-state index contributed by atoms with van der Waals surface area (Å²) >= 11 is 0. The number of nitrogens with one attached hydrogen (secondary N) is 1. The van der Waals surface area contributed by atoms with Gasteiger partial charge in [0, 0.05) is 0 Å². The van der Waals surface area contributed by atoms with E-state index < -0.39 is 5.97 Å². The summed E-state index contributed by atoms with van der Waals surface area (Å²) in [5.41, 5.74) is 0. The number of esters is 1. The van der Waals surface area contributed by atoms with E-state index in [1.54, 1.807) is 12.1 Å². The number of furan rings is 1. The van der Waals surface area contributed by atoms with Crippen LogP contribution in [0.1, 0.15) is 42.0 Å². The highest BCUT2D eigenvalue weighted by Gasteiger charge is 2.19. The molecule has 2 N–H and O–H groups in total. The fraction of sp³-hybridized carbons (Fsp3) is 0.643. The van der Waals surface area contributed by atoms with Crippen molar-refractivity contribution in [1.29, 1.82) is 0 Å². The van der Waals surface area contributed by atoms with Gasteiger partial charge in [0.1, 0.15) is 5.76 Å². The first-order chi connectivity index (χ1) is 9.19. The molecule has 5 heteroatoms. The first kappa shape index (κ1) is 14.1. The zero-order chi connectivity index (χ0) is 13.7. The predicted octanol–water partition coefficient (Wildman–Crippen LogP) is 1.71. The zero-order valence-corrected chi connectivity index (χ0v) is 11.2. The van der Waals surface area contributed by atoms with Crippen molar-refractivity contribution in [3.63, 3.8) is 0 Å². The highest BCUT2D eigenvalue weighted by Crippen LogP contribution is 2.23. The van der Waals surface area contributed by atoms with Gasteiger partial charge >= 0.3 is 5.97 Å². The molecule has 0 aromatic carbocycles. The second-order valence-corrected chi connectivity index (χ2v) is 5.06.